The fraction of sp³-hybridized carbons (Fsp3) is 0.538. The van der Waals surface area contributed by atoms with E-state index in [2.05, 4.69) is 5.32 Å². The lowest BCUT2D eigenvalue weighted by molar-refractivity contribution is 0.373. The van der Waals surface area contributed by atoms with Crippen LogP contribution in [-0.2, 0) is 10.0 Å². The van der Waals surface area contributed by atoms with Crippen LogP contribution >= 0.6 is 0 Å². The monoisotopic (exact) mass is 268 g/mol. The number of anilines is 1. The maximum Gasteiger partial charge on any atom is 0.245 e. The molecule has 0 atom stereocenters. The first kappa shape index (κ1) is 13.4. The number of hydrogen-bond donors (Lipinski definition) is 1. The van der Waals surface area contributed by atoms with Gasteiger partial charge in [0.15, 0.2) is 0 Å². The van der Waals surface area contributed by atoms with Crippen LogP contribution in [0.2, 0.25) is 0 Å². The lowest BCUT2D eigenvalue weighted by Gasteiger charge is -2.24. The van der Waals surface area contributed by atoms with Crippen LogP contribution in [0.15, 0.2) is 29.2 Å². The lowest BCUT2D eigenvalue weighted by atomic mass is 10.3. The molecule has 18 heavy (non-hydrogen) atoms. The van der Waals surface area contributed by atoms with Crippen molar-refractivity contribution in [1.29, 1.82) is 0 Å². The molecule has 0 saturated heterocycles. The van der Waals surface area contributed by atoms with Gasteiger partial charge in [0.25, 0.3) is 0 Å². The van der Waals surface area contributed by atoms with Gasteiger partial charge in [-0.05, 0) is 25.0 Å². The van der Waals surface area contributed by atoms with Crippen molar-refractivity contribution >= 4 is 15.7 Å². The third kappa shape index (κ3) is 2.37. The van der Waals surface area contributed by atoms with Crippen LogP contribution in [0.5, 0.6) is 0 Å². The zero-order chi connectivity index (χ0) is 13.2. The number of hydrogen-bond acceptors (Lipinski definition) is 3. The maximum absolute atomic E-state index is 12.6. The molecule has 1 aromatic rings. The Morgan fingerprint density at radius 2 is 1.83 bits per heavy atom. The van der Waals surface area contributed by atoms with Gasteiger partial charge in [0.05, 0.1) is 5.69 Å². The van der Waals surface area contributed by atoms with E-state index in [9.17, 15) is 8.42 Å². The molecule has 1 aliphatic rings. The SMILES string of the molecule is CNc1ccccc1S(=O)(=O)N(C)C1CCCC1. The normalized spacial score (nSPS) is 17.3. The zero-order valence-corrected chi connectivity index (χ0v) is 11.7. The highest BCUT2D eigenvalue weighted by molar-refractivity contribution is 7.89. The van der Waals surface area contributed by atoms with Crippen molar-refractivity contribution in [2.75, 3.05) is 19.4 Å². The molecule has 0 spiro atoms. The summed E-state index contributed by atoms with van der Waals surface area (Å²) in [6, 6.07) is 7.19. The van der Waals surface area contributed by atoms with E-state index < -0.39 is 10.0 Å². The number of nitrogens with one attached hydrogen (secondary N) is 1. The predicted octanol–water partition coefficient (Wildman–Crippen LogP) is 2.29. The van der Waals surface area contributed by atoms with Crippen LogP contribution in [-0.4, -0.2) is 32.9 Å². The third-order valence-corrected chi connectivity index (χ3v) is 5.62. The topological polar surface area (TPSA) is 49.4 Å². The molecular weight excluding hydrogens is 248 g/mol. The first-order chi connectivity index (χ1) is 8.57. The Morgan fingerprint density at radius 3 is 2.44 bits per heavy atom. The summed E-state index contributed by atoms with van der Waals surface area (Å²) in [6.45, 7) is 0. The van der Waals surface area contributed by atoms with Gasteiger partial charge in [0, 0.05) is 20.1 Å². The van der Waals surface area contributed by atoms with Crippen molar-refractivity contribution in [2.45, 2.75) is 36.6 Å². The van der Waals surface area contributed by atoms with Crippen molar-refractivity contribution in [1.82, 2.24) is 4.31 Å². The molecule has 1 saturated carbocycles. The third-order valence-electron chi connectivity index (χ3n) is 3.65. The second-order valence-corrected chi connectivity index (χ2v) is 6.67. The summed E-state index contributed by atoms with van der Waals surface area (Å²) in [5, 5.41) is 2.94. The summed E-state index contributed by atoms with van der Waals surface area (Å²) in [5.41, 5.74) is 0.655. The van der Waals surface area contributed by atoms with E-state index in [-0.39, 0.29) is 6.04 Å². The number of rotatable bonds is 4. The summed E-state index contributed by atoms with van der Waals surface area (Å²) in [7, 11) is 0.0379. The van der Waals surface area contributed by atoms with Gasteiger partial charge < -0.3 is 5.32 Å². The van der Waals surface area contributed by atoms with Crippen LogP contribution in [0.1, 0.15) is 25.7 Å². The molecule has 0 bridgehead atoms. The molecule has 1 N–H and O–H groups in total. The standard InChI is InChI=1S/C13H20N2O2S/c1-14-12-9-5-6-10-13(12)18(16,17)15(2)11-7-3-4-8-11/h5-6,9-11,14H,3-4,7-8H2,1-2H3. The molecule has 0 unspecified atom stereocenters. The minimum atomic E-state index is -3.39. The molecule has 2 rings (SSSR count). The Balaban J connectivity index is 2.35. The zero-order valence-electron chi connectivity index (χ0n) is 10.9. The van der Waals surface area contributed by atoms with Gasteiger partial charge in [-0.15, -0.1) is 0 Å². The van der Waals surface area contributed by atoms with Gasteiger partial charge in [0.1, 0.15) is 4.90 Å². The molecule has 4 nitrogen and oxygen atoms in total. The van der Waals surface area contributed by atoms with Gasteiger partial charge in [-0.2, -0.15) is 4.31 Å². The minimum absolute atomic E-state index is 0.153. The summed E-state index contributed by atoms with van der Waals surface area (Å²) >= 11 is 0. The molecule has 0 radical (unpaired) electrons. The first-order valence-corrected chi connectivity index (χ1v) is 7.76. The summed E-state index contributed by atoms with van der Waals surface area (Å²) in [4.78, 5) is 0.363. The van der Waals surface area contributed by atoms with E-state index in [1.54, 1.807) is 32.3 Å². The molecule has 0 heterocycles. The Hall–Kier alpha value is -1.07. The average Bonchev–Trinajstić information content (AvgIpc) is 2.91. The van der Waals surface area contributed by atoms with Crippen molar-refractivity contribution in [2.24, 2.45) is 0 Å². The Bertz CT molecular complexity index is 507. The number of nitrogens with zero attached hydrogens (tertiary/aromatic N) is 1. The van der Waals surface area contributed by atoms with Crippen molar-refractivity contribution in [3.8, 4) is 0 Å². The van der Waals surface area contributed by atoms with Crippen LogP contribution in [0.3, 0.4) is 0 Å². The fourth-order valence-electron chi connectivity index (χ4n) is 2.52. The van der Waals surface area contributed by atoms with Crippen molar-refractivity contribution in [3.63, 3.8) is 0 Å². The van der Waals surface area contributed by atoms with E-state index in [0.29, 0.717) is 10.6 Å². The quantitative estimate of drug-likeness (QED) is 0.911. The summed E-state index contributed by atoms with van der Waals surface area (Å²) in [6.07, 6.45) is 4.19. The molecule has 100 valence electrons. The minimum Gasteiger partial charge on any atom is -0.387 e. The second kappa shape index (κ2) is 5.28. The van der Waals surface area contributed by atoms with Gasteiger partial charge in [-0.3, -0.25) is 0 Å². The summed E-state index contributed by atoms with van der Waals surface area (Å²) < 4.78 is 26.7. The van der Waals surface area contributed by atoms with E-state index in [1.807, 2.05) is 6.07 Å². The summed E-state index contributed by atoms with van der Waals surface area (Å²) in [5.74, 6) is 0. The number of benzene rings is 1. The molecule has 5 heteroatoms. The van der Waals surface area contributed by atoms with Gasteiger partial charge in [0.2, 0.25) is 10.0 Å². The molecular formula is C13H20N2O2S. The highest BCUT2D eigenvalue weighted by Gasteiger charge is 2.31. The lowest BCUT2D eigenvalue weighted by Crippen LogP contribution is -2.35. The smallest absolute Gasteiger partial charge is 0.245 e. The Labute approximate surface area is 109 Å². The fourth-order valence-corrected chi connectivity index (χ4v) is 4.13. The number of sulfonamides is 1. The van der Waals surface area contributed by atoms with E-state index >= 15 is 0 Å². The largest absolute Gasteiger partial charge is 0.387 e. The highest BCUT2D eigenvalue weighted by atomic mass is 32.2. The number of para-hydroxylation sites is 1. The predicted molar refractivity (Wildman–Crippen MR) is 73.2 cm³/mol. The Kier molecular flexibility index (Phi) is 3.92. The molecule has 1 aliphatic carbocycles. The van der Waals surface area contributed by atoms with Crippen LogP contribution < -0.4 is 5.32 Å². The van der Waals surface area contributed by atoms with E-state index in [4.69, 9.17) is 0 Å². The van der Waals surface area contributed by atoms with Crippen molar-refractivity contribution < 1.29 is 8.42 Å². The van der Waals surface area contributed by atoms with Crippen LogP contribution in [0, 0.1) is 0 Å². The maximum atomic E-state index is 12.6. The van der Waals surface area contributed by atoms with Crippen molar-refractivity contribution in [3.05, 3.63) is 24.3 Å². The molecule has 1 aromatic carbocycles. The van der Waals surface area contributed by atoms with Gasteiger partial charge >= 0.3 is 0 Å². The van der Waals surface area contributed by atoms with Crippen LogP contribution in [0.4, 0.5) is 5.69 Å². The van der Waals surface area contributed by atoms with Gasteiger partial charge in [-0.1, -0.05) is 25.0 Å². The molecule has 1 fully saturated rings. The van der Waals surface area contributed by atoms with Gasteiger partial charge in [-0.25, -0.2) is 8.42 Å². The van der Waals surface area contributed by atoms with Crippen LogP contribution in [0.25, 0.3) is 0 Å². The molecule has 0 aromatic heterocycles. The second-order valence-electron chi connectivity index (χ2n) is 4.71. The highest BCUT2D eigenvalue weighted by Crippen LogP contribution is 2.29. The van der Waals surface area contributed by atoms with E-state index in [1.165, 1.54) is 4.31 Å². The van der Waals surface area contributed by atoms with E-state index in [0.717, 1.165) is 25.7 Å². The molecule has 0 aliphatic heterocycles. The molecule has 0 amide bonds. The average molecular weight is 268 g/mol. The Morgan fingerprint density at radius 1 is 1.22 bits per heavy atom. The first-order valence-electron chi connectivity index (χ1n) is 6.32.